The lowest BCUT2D eigenvalue weighted by Gasteiger charge is -2.27. The average Bonchev–Trinajstić information content (AvgIpc) is 3.03. The number of primary amides is 1. The molecule has 0 saturated carbocycles. The number of aliphatic hydroxyl groups is 4. The maximum Gasteiger partial charge on any atom is 0.404 e. The number of carboxylic acid groups (broad SMARTS) is 1. The Bertz CT molecular complexity index is 995. The number of aliphatic carboxylic acids is 1. The maximum atomic E-state index is 12.3. The Balaban J connectivity index is 2.16. The predicted octanol–water partition coefficient (Wildman–Crippen LogP) is -6.13. The van der Waals surface area contributed by atoms with E-state index >= 15 is 0 Å². The number of hydrogen-bond acceptors (Lipinski definition) is 12. The zero-order valence-corrected chi connectivity index (χ0v) is 16.7. The molecule has 1 aliphatic rings. The Hall–Kier alpha value is -3.35. The number of aliphatic hydroxyl groups excluding tert-OH is 4. The van der Waals surface area contributed by atoms with Crippen LogP contribution in [-0.2, 0) is 19.1 Å². The highest BCUT2D eigenvalue weighted by atomic mass is 16.6. The minimum atomic E-state index is -2.04. The number of carboxylic acids is 1. The molecule has 0 aromatic carbocycles. The summed E-state index contributed by atoms with van der Waals surface area (Å²) in [6.07, 6.45) is -11.4. The van der Waals surface area contributed by atoms with Gasteiger partial charge >= 0.3 is 17.8 Å². The van der Waals surface area contributed by atoms with Gasteiger partial charge in [-0.1, -0.05) is 0 Å². The number of carbonyl (C=O) groups excluding carboxylic acids is 2. The van der Waals surface area contributed by atoms with E-state index in [-0.39, 0.29) is 0 Å². The fourth-order valence-corrected chi connectivity index (χ4v) is 3.01. The number of rotatable bonds is 9. The molecule has 0 radical (unpaired) electrons. The van der Waals surface area contributed by atoms with Crippen LogP contribution in [0.25, 0.3) is 0 Å². The van der Waals surface area contributed by atoms with Crippen molar-refractivity contribution < 1.29 is 49.4 Å². The van der Waals surface area contributed by atoms with E-state index in [9.17, 15) is 49.5 Å². The van der Waals surface area contributed by atoms with Crippen LogP contribution in [-0.4, -0.2) is 102 Å². The number of amides is 2. The summed E-state index contributed by atoms with van der Waals surface area (Å²) < 4.78 is 10.3. The number of nitrogens with two attached hydrogens (primary N) is 2. The number of hydrogen-bond donors (Lipinski definition) is 9. The van der Waals surface area contributed by atoms with E-state index < -0.39 is 84.7 Å². The lowest BCUT2D eigenvalue weighted by Crippen LogP contribution is -2.60. The summed E-state index contributed by atoms with van der Waals surface area (Å²) in [5.74, 6) is -3.06. The van der Waals surface area contributed by atoms with Gasteiger partial charge in [0, 0.05) is 12.3 Å². The van der Waals surface area contributed by atoms with Gasteiger partial charge in [0.25, 0.3) is 5.56 Å². The van der Waals surface area contributed by atoms with Crippen LogP contribution in [0.15, 0.2) is 21.9 Å². The molecule has 0 bridgehead atoms. The molecular formula is C16H23N5O12. The molecule has 1 aromatic heterocycles. The first-order valence-corrected chi connectivity index (χ1v) is 9.25. The summed E-state index contributed by atoms with van der Waals surface area (Å²) in [6, 6.07) is -3.05. The van der Waals surface area contributed by atoms with Crippen molar-refractivity contribution in [2.45, 2.75) is 48.8 Å². The van der Waals surface area contributed by atoms with Crippen molar-refractivity contribution in [2.24, 2.45) is 11.5 Å². The van der Waals surface area contributed by atoms with Crippen molar-refractivity contribution in [1.82, 2.24) is 14.9 Å². The Kier molecular flexibility index (Phi) is 8.25. The second kappa shape index (κ2) is 10.5. The monoisotopic (exact) mass is 477 g/mol. The van der Waals surface area contributed by atoms with Crippen LogP contribution in [0.1, 0.15) is 6.23 Å². The highest BCUT2D eigenvalue weighted by molar-refractivity contribution is 5.87. The van der Waals surface area contributed by atoms with Gasteiger partial charge in [-0.3, -0.25) is 19.1 Å². The highest BCUT2D eigenvalue weighted by Gasteiger charge is 2.50. The third-order valence-electron chi connectivity index (χ3n) is 4.75. The van der Waals surface area contributed by atoms with Crippen LogP contribution in [0.4, 0.5) is 4.79 Å². The van der Waals surface area contributed by atoms with E-state index in [2.05, 4.69) is 4.74 Å². The van der Waals surface area contributed by atoms with Crippen LogP contribution in [0.5, 0.6) is 0 Å². The molecule has 184 valence electrons. The maximum absolute atomic E-state index is 12.3. The second-order valence-electron chi connectivity index (χ2n) is 7.03. The number of nitrogens with zero attached hydrogens (tertiary/aromatic N) is 1. The molecule has 33 heavy (non-hydrogen) atoms. The molecule has 0 spiro atoms. The summed E-state index contributed by atoms with van der Waals surface area (Å²) in [5, 5.41) is 51.5. The van der Waals surface area contributed by atoms with E-state index in [4.69, 9.17) is 16.2 Å². The van der Waals surface area contributed by atoms with Crippen molar-refractivity contribution in [3.8, 4) is 0 Å². The summed E-state index contributed by atoms with van der Waals surface area (Å²) >= 11 is 0. The average molecular weight is 477 g/mol. The lowest BCUT2D eigenvalue weighted by molar-refractivity contribution is -0.150. The third kappa shape index (κ3) is 5.92. The minimum Gasteiger partial charge on any atom is -0.480 e. The smallest absolute Gasteiger partial charge is 0.404 e. The first-order chi connectivity index (χ1) is 15.3. The second-order valence-corrected chi connectivity index (χ2v) is 7.03. The molecule has 1 saturated heterocycles. The van der Waals surface area contributed by atoms with Crippen molar-refractivity contribution in [1.29, 1.82) is 0 Å². The van der Waals surface area contributed by atoms with Gasteiger partial charge < -0.3 is 51.8 Å². The Morgan fingerprint density at radius 3 is 2.42 bits per heavy atom. The standard InChI is InChI=1S/C16H23N5O12/c17-6(8(24)4(22)3-32-15(18)30)12(27)20-7(14(28)29)11-9(25)10(26)13(33-11)21-2-1-5(23)19-16(21)31/h1-2,4,6-11,13,22,24-26H,3,17H2,(H2,18,30)(H,20,27)(H,28,29)(H,19,23,31)/t4-,6-,7-,8+,9-,10+,11+,13+/m0/s1. The number of carbonyl (C=O) groups is 3. The number of aromatic amines is 1. The van der Waals surface area contributed by atoms with Gasteiger partial charge in [0.1, 0.15) is 43.2 Å². The molecule has 8 atom stereocenters. The van der Waals surface area contributed by atoms with Crippen LogP contribution in [0, 0.1) is 0 Å². The molecule has 17 heteroatoms. The lowest BCUT2D eigenvalue weighted by atomic mass is 10.0. The van der Waals surface area contributed by atoms with Gasteiger partial charge in [0.05, 0.1) is 0 Å². The summed E-state index contributed by atoms with van der Waals surface area (Å²) in [4.78, 5) is 59.6. The SMILES string of the molecule is NC(=O)OC[C@H](O)[C@@H](O)[C@H](N)C(=O)N[C@H](C(=O)O)[C@H]1O[C@@H](n2ccc(=O)[nH]c2=O)[C@H](O)[C@@H]1O. The first-order valence-electron chi connectivity index (χ1n) is 9.25. The molecule has 1 aliphatic heterocycles. The Labute approximate surface area is 183 Å². The number of aromatic nitrogens is 2. The number of ether oxygens (including phenoxy) is 2. The molecule has 1 aromatic rings. The zero-order valence-electron chi connectivity index (χ0n) is 16.7. The Morgan fingerprint density at radius 1 is 1.24 bits per heavy atom. The van der Waals surface area contributed by atoms with Crippen molar-refractivity contribution in [3.63, 3.8) is 0 Å². The van der Waals surface area contributed by atoms with Crippen molar-refractivity contribution in [3.05, 3.63) is 33.1 Å². The van der Waals surface area contributed by atoms with Gasteiger partial charge in [-0.05, 0) is 0 Å². The van der Waals surface area contributed by atoms with Gasteiger partial charge in [-0.15, -0.1) is 0 Å². The van der Waals surface area contributed by atoms with E-state index in [1.54, 1.807) is 0 Å². The quantitative estimate of drug-likeness (QED) is 0.160. The molecule has 2 amide bonds. The molecule has 11 N–H and O–H groups in total. The molecule has 0 unspecified atom stereocenters. The molecular weight excluding hydrogens is 454 g/mol. The molecule has 0 aliphatic carbocycles. The molecule has 17 nitrogen and oxygen atoms in total. The molecule has 2 rings (SSSR count). The first kappa shape index (κ1) is 25.9. The largest absolute Gasteiger partial charge is 0.480 e. The van der Waals surface area contributed by atoms with Crippen LogP contribution >= 0.6 is 0 Å². The van der Waals surface area contributed by atoms with E-state index in [1.165, 1.54) is 0 Å². The van der Waals surface area contributed by atoms with Gasteiger partial charge in [0.15, 0.2) is 12.3 Å². The van der Waals surface area contributed by atoms with Crippen LogP contribution in [0.2, 0.25) is 0 Å². The molecule has 1 fully saturated rings. The number of nitrogens with one attached hydrogen (secondary N) is 2. The van der Waals surface area contributed by atoms with Crippen molar-refractivity contribution in [2.75, 3.05) is 6.61 Å². The van der Waals surface area contributed by atoms with E-state index in [0.29, 0.717) is 4.57 Å². The predicted molar refractivity (Wildman–Crippen MR) is 102 cm³/mol. The van der Waals surface area contributed by atoms with Crippen molar-refractivity contribution >= 4 is 18.0 Å². The van der Waals surface area contributed by atoms with Crippen LogP contribution < -0.4 is 28.0 Å². The zero-order chi connectivity index (χ0) is 25.0. The number of H-pyrrole nitrogens is 1. The summed E-state index contributed by atoms with van der Waals surface area (Å²) in [7, 11) is 0. The van der Waals surface area contributed by atoms with Crippen LogP contribution in [0.3, 0.4) is 0 Å². The summed E-state index contributed by atoms with van der Waals surface area (Å²) in [6.45, 7) is -0.813. The molecule has 2 heterocycles. The van der Waals surface area contributed by atoms with Gasteiger partial charge in [0.2, 0.25) is 5.91 Å². The normalized spacial score (nSPS) is 26.1. The fourth-order valence-electron chi connectivity index (χ4n) is 3.01. The third-order valence-corrected chi connectivity index (χ3v) is 4.75. The topological polar surface area (TPSA) is 290 Å². The highest BCUT2D eigenvalue weighted by Crippen LogP contribution is 2.30. The summed E-state index contributed by atoms with van der Waals surface area (Å²) in [5.41, 5.74) is 8.45. The van der Waals surface area contributed by atoms with Gasteiger partial charge in [-0.2, -0.15) is 0 Å². The Morgan fingerprint density at radius 2 is 1.88 bits per heavy atom. The van der Waals surface area contributed by atoms with E-state index in [1.807, 2.05) is 10.3 Å². The minimum absolute atomic E-state index is 0.695. The van der Waals surface area contributed by atoms with E-state index in [0.717, 1.165) is 12.3 Å². The fraction of sp³-hybridized carbons (Fsp3) is 0.562. The van der Waals surface area contributed by atoms with Gasteiger partial charge in [-0.25, -0.2) is 14.4 Å².